The standard InChI is InChI=1S/C13H20N2O3S2/c16-20(17,13-4-2-10-19-13)15-7-5-14(6-8-15)11-12-3-1-9-18-12/h2,4,10,12H,1,3,5-9,11H2/t12-/m0/s1. The van der Waals surface area contributed by atoms with Crippen LogP contribution in [0.1, 0.15) is 12.8 Å². The molecule has 0 saturated carbocycles. The van der Waals surface area contributed by atoms with Crippen LogP contribution in [0, 0.1) is 0 Å². The van der Waals surface area contributed by atoms with E-state index < -0.39 is 10.0 Å². The predicted molar refractivity (Wildman–Crippen MR) is 78.5 cm³/mol. The van der Waals surface area contributed by atoms with Crippen molar-refractivity contribution < 1.29 is 13.2 Å². The number of piperazine rings is 1. The van der Waals surface area contributed by atoms with Gasteiger partial charge in [-0.1, -0.05) is 6.07 Å². The third-order valence-electron chi connectivity index (χ3n) is 3.91. The van der Waals surface area contributed by atoms with Crippen LogP contribution in [-0.4, -0.2) is 63.1 Å². The molecule has 3 heterocycles. The first-order valence-corrected chi connectivity index (χ1v) is 9.36. The normalized spacial score (nSPS) is 26.1. The van der Waals surface area contributed by atoms with Gasteiger partial charge in [0.1, 0.15) is 4.21 Å². The molecule has 2 saturated heterocycles. The van der Waals surface area contributed by atoms with E-state index in [1.165, 1.54) is 11.3 Å². The largest absolute Gasteiger partial charge is 0.377 e. The first-order valence-electron chi connectivity index (χ1n) is 7.04. The van der Waals surface area contributed by atoms with Crippen LogP contribution in [0.2, 0.25) is 0 Å². The predicted octanol–water partition coefficient (Wildman–Crippen LogP) is 1.23. The average molecular weight is 316 g/mol. The summed E-state index contributed by atoms with van der Waals surface area (Å²) in [5.41, 5.74) is 0. The second kappa shape index (κ2) is 6.11. The SMILES string of the molecule is O=S(=O)(c1cccs1)N1CCN(C[C@@H]2CCCO2)CC1. The highest BCUT2D eigenvalue weighted by Crippen LogP contribution is 2.22. The number of rotatable bonds is 4. The Hall–Kier alpha value is -0.470. The van der Waals surface area contributed by atoms with E-state index in [9.17, 15) is 8.42 Å². The van der Waals surface area contributed by atoms with Crippen LogP contribution in [0.15, 0.2) is 21.7 Å². The lowest BCUT2D eigenvalue weighted by Gasteiger charge is -2.34. The number of ether oxygens (including phenoxy) is 1. The van der Waals surface area contributed by atoms with Gasteiger partial charge in [0.25, 0.3) is 10.0 Å². The fourth-order valence-corrected chi connectivity index (χ4v) is 5.33. The Morgan fingerprint density at radius 1 is 1.30 bits per heavy atom. The summed E-state index contributed by atoms with van der Waals surface area (Å²) < 4.78 is 32.5. The fourth-order valence-electron chi connectivity index (χ4n) is 2.77. The van der Waals surface area contributed by atoms with Gasteiger partial charge in [0.2, 0.25) is 0 Å². The molecule has 0 radical (unpaired) electrons. The summed E-state index contributed by atoms with van der Waals surface area (Å²) in [6, 6.07) is 3.46. The molecule has 0 spiro atoms. The molecule has 20 heavy (non-hydrogen) atoms. The van der Waals surface area contributed by atoms with Crippen molar-refractivity contribution in [2.75, 3.05) is 39.3 Å². The Balaban J connectivity index is 1.55. The average Bonchev–Trinajstić information content (AvgIpc) is 3.12. The minimum absolute atomic E-state index is 0.343. The van der Waals surface area contributed by atoms with Gasteiger partial charge in [-0.05, 0) is 24.3 Å². The lowest BCUT2D eigenvalue weighted by molar-refractivity contribution is 0.0617. The van der Waals surface area contributed by atoms with Gasteiger partial charge in [-0.3, -0.25) is 4.90 Å². The molecule has 1 atom stereocenters. The minimum Gasteiger partial charge on any atom is -0.377 e. The molecule has 0 aliphatic carbocycles. The van der Waals surface area contributed by atoms with Crippen molar-refractivity contribution in [2.45, 2.75) is 23.2 Å². The van der Waals surface area contributed by atoms with E-state index in [0.717, 1.165) is 39.1 Å². The van der Waals surface area contributed by atoms with Crippen molar-refractivity contribution in [3.05, 3.63) is 17.5 Å². The van der Waals surface area contributed by atoms with E-state index in [0.29, 0.717) is 23.4 Å². The molecule has 2 aliphatic rings. The van der Waals surface area contributed by atoms with Crippen molar-refractivity contribution in [1.29, 1.82) is 0 Å². The second-order valence-corrected chi connectivity index (χ2v) is 8.38. The van der Waals surface area contributed by atoms with E-state index in [1.54, 1.807) is 21.8 Å². The quantitative estimate of drug-likeness (QED) is 0.838. The third-order valence-corrected chi connectivity index (χ3v) is 7.18. The monoisotopic (exact) mass is 316 g/mol. The van der Waals surface area contributed by atoms with Crippen molar-refractivity contribution in [3.63, 3.8) is 0 Å². The van der Waals surface area contributed by atoms with Gasteiger partial charge >= 0.3 is 0 Å². The topological polar surface area (TPSA) is 49.9 Å². The number of sulfonamides is 1. The zero-order chi connectivity index (χ0) is 14.0. The highest BCUT2D eigenvalue weighted by molar-refractivity contribution is 7.91. The fraction of sp³-hybridized carbons (Fsp3) is 0.692. The Morgan fingerprint density at radius 3 is 2.70 bits per heavy atom. The molecule has 7 heteroatoms. The van der Waals surface area contributed by atoms with Crippen LogP contribution in [0.5, 0.6) is 0 Å². The highest BCUT2D eigenvalue weighted by Gasteiger charge is 2.30. The Kier molecular flexibility index (Phi) is 4.42. The first kappa shape index (κ1) is 14.5. The zero-order valence-corrected chi connectivity index (χ0v) is 13.0. The molecular weight excluding hydrogens is 296 g/mol. The van der Waals surface area contributed by atoms with Crippen LogP contribution in [0.3, 0.4) is 0 Å². The van der Waals surface area contributed by atoms with E-state index in [1.807, 2.05) is 0 Å². The van der Waals surface area contributed by atoms with Crippen molar-refractivity contribution >= 4 is 21.4 Å². The van der Waals surface area contributed by atoms with E-state index in [-0.39, 0.29) is 0 Å². The number of thiophene rings is 1. The molecule has 112 valence electrons. The van der Waals surface area contributed by atoms with Crippen LogP contribution in [-0.2, 0) is 14.8 Å². The van der Waals surface area contributed by atoms with E-state index in [2.05, 4.69) is 4.90 Å². The van der Waals surface area contributed by atoms with Crippen molar-refractivity contribution in [3.8, 4) is 0 Å². The molecule has 1 aromatic rings. The molecule has 0 unspecified atom stereocenters. The maximum absolute atomic E-state index is 12.4. The van der Waals surface area contributed by atoms with Gasteiger partial charge in [-0.2, -0.15) is 4.31 Å². The molecule has 2 fully saturated rings. The van der Waals surface area contributed by atoms with Gasteiger partial charge in [0.15, 0.2) is 0 Å². The highest BCUT2D eigenvalue weighted by atomic mass is 32.2. The number of hydrogen-bond acceptors (Lipinski definition) is 5. The van der Waals surface area contributed by atoms with Crippen molar-refractivity contribution in [1.82, 2.24) is 9.21 Å². The number of hydrogen-bond donors (Lipinski definition) is 0. The van der Waals surface area contributed by atoms with Gasteiger partial charge in [0, 0.05) is 39.3 Å². The summed E-state index contributed by atoms with van der Waals surface area (Å²) in [7, 11) is -3.28. The van der Waals surface area contributed by atoms with E-state index in [4.69, 9.17) is 4.74 Å². The first-order chi connectivity index (χ1) is 9.66. The van der Waals surface area contributed by atoms with Gasteiger partial charge in [0.05, 0.1) is 6.10 Å². The molecule has 5 nitrogen and oxygen atoms in total. The van der Waals surface area contributed by atoms with Crippen LogP contribution >= 0.6 is 11.3 Å². The van der Waals surface area contributed by atoms with Crippen LogP contribution in [0.4, 0.5) is 0 Å². The summed E-state index contributed by atoms with van der Waals surface area (Å²) in [6.07, 6.45) is 2.63. The lowest BCUT2D eigenvalue weighted by atomic mass is 10.2. The Labute approximate surface area is 124 Å². The molecule has 0 aromatic carbocycles. The van der Waals surface area contributed by atoms with Gasteiger partial charge in [-0.15, -0.1) is 11.3 Å². The molecule has 3 rings (SSSR count). The molecule has 2 aliphatic heterocycles. The molecule has 0 amide bonds. The molecule has 0 bridgehead atoms. The van der Waals surface area contributed by atoms with E-state index >= 15 is 0 Å². The summed E-state index contributed by atoms with van der Waals surface area (Å²) >= 11 is 1.29. The van der Waals surface area contributed by atoms with Crippen molar-refractivity contribution in [2.24, 2.45) is 0 Å². The smallest absolute Gasteiger partial charge is 0.252 e. The lowest BCUT2D eigenvalue weighted by Crippen LogP contribution is -2.50. The maximum Gasteiger partial charge on any atom is 0.252 e. The Morgan fingerprint density at radius 2 is 2.10 bits per heavy atom. The zero-order valence-electron chi connectivity index (χ0n) is 11.4. The molecule has 1 aromatic heterocycles. The van der Waals surface area contributed by atoms with Crippen LogP contribution in [0.25, 0.3) is 0 Å². The second-order valence-electron chi connectivity index (χ2n) is 5.27. The third kappa shape index (κ3) is 3.07. The molecule has 0 N–H and O–H groups in total. The molecular formula is C13H20N2O3S2. The minimum atomic E-state index is -3.28. The summed E-state index contributed by atoms with van der Waals surface area (Å²) in [6.45, 7) is 4.55. The summed E-state index contributed by atoms with van der Waals surface area (Å²) in [5, 5.41) is 1.81. The Bertz CT molecular complexity index is 516. The van der Waals surface area contributed by atoms with Gasteiger partial charge in [-0.25, -0.2) is 8.42 Å². The summed E-state index contributed by atoms with van der Waals surface area (Å²) in [5.74, 6) is 0. The van der Waals surface area contributed by atoms with Gasteiger partial charge < -0.3 is 4.74 Å². The summed E-state index contributed by atoms with van der Waals surface area (Å²) in [4.78, 5) is 2.32. The maximum atomic E-state index is 12.4. The number of nitrogens with zero attached hydrogens (tertiary/aromatic N) is 2. The van der Waals surface area contributed by atoms with Crippen LogP contribution < -0.4 is 0 Å².